The Morgan fingerprint density at radius 3 is 2.14 bits per heavy atom. The summed E-state index contributed by atoms with van der Waals surface area (Å²) in [5, 5.41) is 26.9. The average molecular weight is 295 g/mol. The first-order valence-electron chi connectivity index (χ1n) is 7.38. The van der Waals surface area contributed by atoms with E-state index in [2.05, 4.69) is 10.6 Å². The van der Waals surface area contributed by atoms with Crippen molar-refractivity contribution in [1.82, 2.24) is 0 Å². The second-order valence-corrected chi connectivity index (χ2v) is 5.27. The zero-order chi connectivity index (χ0) is 15.9. The molecule has 1 aromatic carbocycles. The lowest BCUT2D eigenvalue weighted by Gasteiger charge is -2.30. The molecule has 0 fully saturated rings. The third-order valence-electron chi connectivity index (χ3n) is 4.01. The van der Waals surface area contributed by atoms with Gasteiger partial charge in [-0.25, -0.2) is 0 Å². The van der Waals surface area contributed by atoms with E-state index < -0.39 is 4.92 Å². The minimum absolute atomic E-state index is 0.0542. The van der Waals surface area contributed by atoms with E-state index in [-0.39, 0.29) is 17.7 Å². The summed E-state index contributed by atoms with van der Waals surface area (Å²) < 4.78 is 0. The van der Waals surface area contributed by atoms with Crippen molar-refractivity contribution in [3.05, 3.63) is 28.3 Å². The molecular formula is C15H25N3O3. The van der Waals surface area contributed by atoms with Gasteiger partial charge >= 0.3 is 0 Å². The van der Waals surface area contributed by atoms with Crippen molar-refractivity contribution in [2.24, 2.45) is 5.41 Å². The molecule has 0 aromatic heterocycles. The van der Waals surface area contributed by atoms with Crippen LogP contribution in [0.5, 0.6) is 0 Å². The van der Waals surface area contributed by atoms with E-state index in [9.17, 15) is 15.2 Å². The quantitative estimate of drug-likeness (QED) is 0.481. The lowest BCUT2D eigenvalue weighted by molar-refractivity contribution is -0.384. The number of nitrogens with one attached hydrogen (secondary N) is 2. The molecule has 1 rings (SSSR count). The van der Waals surface area contributed by atoms with E-state index in [4.69, 9.17) is 0 Å². The molecule has 118 valence electrons. The predicted octanol–water partition coefficient (Wildman–Crippen LogP) is 3.24. The van der Waals surface area contributed by atoms with Gasteiger partial charge in [0.15, 0.2) is 0 Å². The maximum atomic E-state index is 11.0. The molecule has 0 atom stereocenters. The molecule has 3 N–H and O–H groups in total. The van der Waals surface area contributed by atoms with Crippen LogP contribution in [-0.4, -0.2) is 29.7 Å². The lowest BCUT2D eigenvalue weighted by atomic mass is 9.83. The van der Waals surface area contributed by atoms with Crippen LogP contribution in [0.15, 0.2) is 18.2 Å². The van der Waals surface area contributed by atoms with E-state index in [1.165, 1.54) is 12.1 Å². The number of rotatable bonds is 9. The highest BCUT2D eigenvalue weighted by Gasteiger charge is 2.25. The predicted molar refractivity (Wildman–Crippen MR) is 85.9 cm³/mol. The maximum absolute atomic E-state index is 11.0. The van der Waals surface area contributed by atoms with Gasteiger partial charge in [0.05, 0.1) is 11.5 Å². The highest BCUT2D eigenvalue weighted by molar-refractivity contribution is 5.63. The third kappa shape index (κ3) is 4.60. The van der Waals surface area contributed by atoms with Crippen LogP contribution in [0.2, 0.25) is 0 Å². The topological polar surface area (TPSA) is 87.4 Å². The standard InChI is InChI=1S/C15H25N3O3/c1-4-15(5-2,11-19)10-17-13-7-12(16-6-3)8-14(9-13)18(20)21/h7-9,16-17,19H,4-6,10-11H2,1-3H3. The summed E-state index contributed by atoms with van der Waals surface area (Å²) in [5.41, 5.74) is 1.28. The van der Waals surface area contributed by atoms with Crippen LogP contribution in [0.4, 0.5) is 17.1 Å². The van der Waals surface area contributed by atoms with Crippen molar-refractivity contribution in [1.29, 1.82) is 0 Å². The van der Waals surface area contributed by atoms with Crippen LogP contribution in [0, 0.1) is 15.5 Å². The highest BCUT2D eigenvalue weighted by atomic mass is 16.6. The van der Waals surface area contributed by atoms with E-state index in [1.54, 1.807) is 0 Å². The number of hydrogen-bond acceptors (Lipinski definition) is 5. The first-order valence-corrected chi connectivity index (χ1v) is 7.38. The van der Waals surface area contributed by atoms with Gasteiger partial charge in [-0.05, 0) is 25.8 Å². The second kappa shape index (κ2) is 7.83. The van der Waals surface area contributed by atoms with Crippen molar-refractivity contribution in [3.63, 3.8) is 0 Å². The third-order valence-corrected chi connectivity index (χ3v) is 4.01. The summed E-state index contributed by atoms with van der Waals surface area (Å²) in [6, 6.07) is 4.89. The molecule has 0 amide bonds. The van der Waals surface area contributed by atoms with Gasteiger partial charge in [-0.15, -0.1) is 0 Å². The van der Waals surface area contributed by atoms with Gasteiger partial charge in [0.2, 0.25) is 0 Å². The van der Waals surface area contributed by atoms with Crippen molar-refractivity contribution in [2.75, 3.05) is 30.3 Å². The molecule has 0 bridgehead atoms. The summed E-state index contributed by atoms with van der Waals surface area (Å²) in [4.78, 5) is 10.6. The number of nitro benzene ring substituents is 1. The Kier molecular flexibility index (Phi) is 6.42. The van der Waals surface area contributed by atoms with E-state index in [1.807, 2.05) is 26.8 Å². The van der Waals surface area contributed by atoms with E-state index in [0.717, 1.165) is 18.5 Å². The number of non-ortho nitro benzene ring substituents is 1. The summed E-state index contributed by atoms with van der Waals surface area (Å²) in [5.74, 6) is 0. The molecule has 6 nitrogen and oxygen atoms in total. The van der Waals surface area contributed by atoms with Gasteiger partial charge in [0.1, 0.15) is 0 Å². The Balaban J connectivity index is 2.93. The Labute approximate surface area is 125 Å². The van der Waals surface area contributed by atoms with Crippen LogP contribution in [0.3, 0.4) is 0 Å². The fourth-order valence-electron chi connectivity index (χ4n) is 2.19. The lowest BCUT2D eigenvalue weighted by Crippen LogP contribution is -2.32. The fourth-order valence-corrected chi connectivity index (χ4v) is 2.19. The number of aliphatic hydroxyl groups is 1. The Bertz CT molecular complexity index is 465. The maximum Gasteiger partial charge on any atom is 0.273 e. The molecular weight excluding hydrogens is 270 g/mol. The van der Waals surface area contributed by atoms with Gasteiger partial charge in [-0.2, -0.15) is 0 Å². The zero-order valence-corrected chi connectivity index (χ0v) is 13.0. The molecule has 0 aliphatic carbocycles. The van der Waals surface area contributed by atoms with Crippen LogP contribution in [-0.2, 0) is 0 Å². The molecule has 0 radical (unpaired) electrons. The molecule has 0 heterocycles. The summed E-state index contributed by atoms with van der Waals surface area (Å²) >= 11 is 0. The number of benzene rings is 1. The normalized spacial score (nSPS) is 11.2. The minimum atomic E-state index is -0.398. The monoisotopic (exact) mass is 295 g/mol. The van der Waals surface area contributed by atoms with Gasteiger partial charge < -0.3 is 15.7 Å². The fraction of sp³-hybridized carbons (Fsp3) is 0.600. The molecule has 0 saturated heterocycles. The SMILES string of the molecule is CCNc1cc(NCC(CC)(CC)CO)cc([N+](=O)[O-])c1. The van der Waals surface area contributed by atoms with Crippen LogP contribution < -0.4 is 10.6 Å². The first kappa shape index (κ1) is 17.2. The molecule has 1 aromatic rings. The van der Waals surface area contributed by atoms with Gasteiger partial charge in [-0.3, -0.25) is 10.1 Å². The van der Waals surface area contributed by atoms with Crippen molar-refractivity contribution < 1.29 is 10.0 Å². The van der Waals surface area contributed by atoms with Crippen LogP contribution in [0.1, 0.15) is 33.6 Å². The Hall–Kier alpha value is -1.82. The van der Waals surface area contributed by atoms with Gasteiger partial charge in [0, 0.05) is 42.0 Å². The minimum Gasteiger partial charge on any atom is -0.396 e. The van der Waals surface area contributed by atoms with Crippen LogP contribution >= 0.6 is 0 Å². The van der Waals surface area contributed by atoms with Gasteiger partial charge in [0.25, 0.3) is 5.69 Å². The second-order valence-electron chi connectivity index (χ2n) is 5.27. The number of anilines is 2. The zero-order valence-electron chi connectivity index (χ0n) is 13.0. The molecule has 21 heavy (non-hydrogen) atoms. The van der Waals surface area contributed by atoms with E-state index in [0.29, 0.717) is 18.8 Å². The van der Waals surface area contributed by atoms with Crippen molar-refractivity contribution >= 4 is 17.1 Å². The molecule has 6 heteroatoms. The van der Waals surface area contributed by atoms with Crippen molar-refractivity contribution in [2.45, 2.75) is 33.6 Å². The molecule has 0 saturated carbocycles. The number of aliphatic hydroxyl groups excluding tert-OH is 1. The average Bonchev–Trinajstić information content (AvgIpc) is 2.49. The highest BCUT2D eigenvalue weighted by Crippen LogP contribution is 2.29. The largest absolute Gasteiger partial charge is 0.396 e. The number of nitrogens with zero attached hydrogens (tertiary/aromatic N) is 1. The Morgan fingerprint density at radius 1 is 1.14 bits per heavy atom. The van der Waals surface area contributed by atoms with Crippen LogP contribution in [0.25, 0.3) is 0 Å². The molecule has 0 spiro atoms. The summed E-state index contributed by atoms with van der Waals surface area (Å²) in [7, 11) is 0. The molecule has 0 aliphatic heterocycles. The Morgan fingerprint density at radius 2 is 1.71 bits per heavy atom. The summed E-state index contributed by atoms with van der Waals surface area (Å²) in [6.07, 6.45) is 1.70. The number of hydrogen-bond donors (Lipinski definition) is 3. The first-order chi connectivity index (χ1) is 10.00. The smallest absolute Gasteiger partial charge is 0.273 e. The summed E-state index contributed by atoms with van der Waals surface area (Å²) in [6.45, 7) is 7.41. The molecule has 0 aliphatic rings. The van der Waals surface area contributed by atoms with Crippen molar-refractivity contribution in [3.8, 4) is 0 Å². The van der Waals surface area contributed by atoms with Gasteiger partial charge in [-0.1, -0.05) is 13.8 Å². The molecule has 0 unspecified atom stereocenters. The number of nitro groups is 1. The van der Waals surface area contributed by atoms with E-state index >= 15 is 0 Å².